The predicted molar refractivity (Wildman–Crippen MR) is 88.0 cm³/mol. The monoisotopic (exact) mass is 321 g/mol. The van der Waals surface area contributed by atoms with E-state index in [1.54, 1.807) is 0 Å². The second-order valence-electron chi connectivity index (χ2n) is 6.07. The Morgan fingerprint density at radius 3 is 2.70 bits per heavy atom. The number of ether oxygens (including phenoxy) is 3. The van der Waals surface area contributed by atoms with Crippen molar-refractivity contribution in [2.45, 2.75) is 44.9 Å². The molecule has 0 aromatic heterocycles. The molecule has 128 valence electrons. The van der Waals surface area contributed by atoms with Gasteiger partial charge in [0, 0.05) is 12.5 Å². The highest BCUT2D eigenvalue weighted by molar-refractivity contribution is 5.75. The molecule has 1 aliphatic rings. The Morgan fingerprint density at radius 1 is 1.26 bits per heavy atom. The van der Waals surface area contributed by atoms with Crippen molar-refractivity contribution < 1.29 is 19.0 Å². The van der Waals surface area contributed by atoms with Crippen molar-refractivity contribution in [3.05, 3.63) is 35.9 Å². The molecule has 0 saturated carbocycles. The number of nitrogens with two attached hydrogens (primary N) is 1. The van der Waals surface area contributed by atoms with E-state index in [1.807, 2.05) is 25.1 Å². The van der Waals surface area contributed by atoms with Gasteiger partial charge in [0.15, 0.2) is 0 Å². The summed E-state index contributed by atoms with van der Waals surface area (Å²) in [6.45, 7) is 5.23. The second-order valence-corrected chi connectivity index (χ2v) is 6.07. The number of benzene rings is 1. The van der Waals surface area contributed by atoms with Crippen molar-refractivity contribution in [3.63, 3.8) is 0 Å². The minimum atomic E-state index is -0.736. The number of rotatable bonds is 5. The smallest absolute Gasteiger partial charge is 0.325 e. The van der Waals surface area contributed by atoms with Gasteiger partial charge in [-0.2, -0.15) is 0 Å². The lowest BCUT2D eigenvalue weighted by molar-refractivity contribution is -0.159. The van der Waals surface area contributed by atoms with E-state index in [2.05, 4.69) is 19.1 Å². The van der Waals surface area contributed by atoms with E-state index in [9.17, 15) is 4.79 Å². The highest BCUT2D eigenvalue weighted by atomic mass is 16.6. The van der Waals surface area contributed by atoms with Crippen LogP contribution in [0.1, 0.15) is 25.8 Å². The average Bonchev–Trinajstić information content (AvgIpc) is 2.59. The van der Waals surface area contributed by atoms with Crippen LogP contribution < -0.4 is 5.73 Å². The fourth-order valence-corrected chi connectivity index (χ4v) is 2.85. The van der Waals surface area contributed by atoms with Gasteiger partial charge < -0.3 is 19.9 Å². The molecule has 4 atom stereocenters. The third-order valence-corrected chi connectivity index (χ3v) is 4.02. The first-order valence-electron chi connectivity index (χ1n) is 8.31. The van der Waals surface area contributed by atoms with E-state index < -0.39 is 12.0 Å². The Kier molecular flexibility index (Phi) is 7.02. The number of cyclic esters (lactones) is 1. The van der Waals surface area contributed by atoms with Crippen molar-refractivity contribution in [1.82, 2.24) is 0 Å². The molecule has 0 bridgehead atoms. The van der Waals surface area contributed by atoms with Crippen molar-refractivity contribution in [3.8, 4) is 0 Å². The van der Waals surface area contributed by atoms with E-state index >= 15 is 0 Å². The summed E-state index contributed by atoms with van der Waals surface area (Å²) in [5, 5.41) is 0. The zero-order valence-electron chi connectivity index (χ0n) is 13.9. The fraction of sp³-hybridized carbons (Fsp3) is 0.611. The van der Waals surface area contributed by atoms with Crippen LogP contribution in [-0.4, -0.2) is 44.0 Å². The van der Waals surface area contributed by atoms with Crippen molar-refractivity contribution in [2.24, 2.45) is 11.7 Å². The van der Waals surface area contributed by atoms with Crippen LogP contribution in [0.15, 0.2) is 30.3 Å². The highest BCUT2D eigenvalue weighted by Gasteiger charge is 2.33. The lowest BCUT2D eigenvalue weighted by Gasteiger charge is -2.30. The van der Waals surface area contributed by atoms with Crippen LogP contribution >= 0.6 is 0 Å². The zero-order chi connectivity index (χ0) is 16.7. The average molecular weight is 321 g/mol. The SMILES string of the molecule is CCCO[C@@H]1[C@@H](Cc2ccccc2)COC[C@H](N)C(=O)O[C@H]1C. The molecular formula is C18H27NO4. The van der Waals surface area contributed by atoms with Gasteiger partial charge in [-0.05, 0) is 25.3 Å². The zero-order valence-corrected chi connectivity index (χ0v) is 13.9. The normalized spacial score (nSPS) is 29.3. The molecule has 0 aliphatic carbocycles. The molecule has 0 radical (unpaired) electrons. The summed E-state index contributed by atoms with van der Waals surface area (Å²) >= 11 is 0. The Labute approximate surface area is 138 Å². The van der Waals surface area contributed by atoms with Crippen LogP contribution in [0.5, 0.6) is 0 Å². The lowest BCUT2D eigenvalue weighted by atomic mass is 9.91. The molecule has 23 heavy (non-hydrogen) atoms. The Hall–Kier alpha value is -1.43. The van der Waals surface area contributed by atoms with Crippen LogP contribution in [0.3, 0.4) is 0 Å². The number of carbonyl (C=O) groups is 1. The van der Waals surface area contributed by atoms with Crippen LogP contribution in [0, 0.1) is 5.92 Å². The topological polar surface area (TPSA) is 70.8 Å². The quantitative estimate of drug-likeness (QED) is 0.839. The molecule has 2 N–H and O–H groups in total. The van der Waals surface area contributed by atoms with E-state index in [4.69, 9.17) is 19.9 Å². The summed E-state index contributed by atoms with van der Waals surface area (Å²) in [5.74, 6) is -0.319. The van der Waals surface area contributed by atoms with Crippen molar-refractivity contribution >= 4 is 5.97 Å². The van der Waals surface area contributed by atoms with E-state index in [1.165, 1.54) is 5.56 Å². The molecule has 1 saturated heterocycles. The van der Waals surface area contributed by atoms with Gasteiger partial charge in [0.05, 0.1) is 19.3 Å². The van der Waals surface area contributed by atoms with Gasteiger partial charge in [-0.1, -0.05) is 37.3 Å². The molecule has 1 aromatic rings. The maximum atomic E-state index is 11.9. The number of carbonyl (C=O) groups excluding carboxylic acids is 1. The summed E-state index contributed by atoms with van der Waals surface area (Å²) in [5.41, 5.74) is 7.00. The van der Waals surface area contributed by atoms with Gasteiger partial charge in [0.2, 0.25) is 0 Å². The fourth-order valence-electron chi connectivity index (χ4n) is 2.85. The summed E-state index contributed by atoms with van der Waals surface area (Å²) in [4.78, 5) is 11.9. The molecule has 0 amide bonds. The Bertz CT molecular complexity index is 479. The van der Waals surface area contributed by atoms with E-state index in [0.717, 1.165) is 12.8 Å². The van der Waals surface area contributed by atoms with Gasteiger partial charge in [0.1, 0.15) is 12.1 Å². The maximum absolute atomic E-state index is 11.9. The van der Waals surface area contributed by atoms with Crippen molar-refractivity contribution in [2.75, 3.05) is 19.8 Å². The highest BCUT2D eigenvalue weighted by Crippen LogP contribution is 2.22. The number of hydrogen-bond acceptors (Lipinski definition) is 5. The van der Waals surface area contributed by atoms with Gasteiger partial charge in [-0.15, -0.1) is 0 Å². The van der Waals surface area contributed by atoms with Crippen LogP contribution in [0.25, 0.3) is 0 Å². The van der Waals surface area contributed by atoms with Crippen molar-refractivity contribution in [1.29, 1.82) is 0 Å². The van der Waals surface area contributed by atoms with Crippen LogP contribution in [0.4, 0.5) is 0 Å². The molecule has 5 nitrogen and oxygen atoms in total. The first-order valence-corrected chi connectivity index (χ1v) is 8.31. The van der Waals surface area contributed by atoms with Crippen LogP contribution in [-0.2, 0) is 25.4 Å². The third-order valence-electron chi connectivity index (χ3n) is 4.02. The largest absolute Gasteiger partial charge is 0.459 e. The summed E-state index contributed by atoms with van der Waals surface area (Å²) in [6, 6.07) is 9.48. The minimum Gasteiger partial charge on any atom is -0.459 e. The molecule has 5 heteroatoms. The van der Waals surface area contributed by atoms with E-state index in [-0.39, 0.29) is 24.7 Å². The summed E-state index contributed by atoms with van der Waals surface area (Å²) in [6.07, 6.45) is 1.17. The Balaban J connectivity index is 2.16. The minimum absolute atomic E-state index is 0.108. The molecule has 0 unspecified atom stereocenters. The number of esters is 1. The van der Waals surface area contributed by atoms with Gasteiger partial charge in [-0.3, -0.25) is 4.79 Å². The summed E-state index contributed by atoms with van der Waals surface area (Å²) in [7, 11) is 0. The molecule has 2 rings (SSSR count). The molecule has 1 heterocycles. The molecule has 1 aliphatic heterocycles. The maximum Gasteiger partial charge on any atom is 0.325 e. The van der Waals surface area contributed by atoms with Crippen LogP contribution in [0.2, 0.25) is 0 Å². The summed E-state index contributed by atoms with van der Waals surface area (Å²) < 4.78 is 17.2. The first-order chi connectivity index (χ1) is 11.1. The third kappa shape index (κ3) is 5.30. The second kappa shape index (κ2) is 9.01. The van der Waals surface area contributed by atoms with Gasteiger partial charge >= 0.3 is 5.97 Å². The molecular weight excluding hydrogens is 294 g/mol. The lowest BCUT2D eigenvalue weighted by Crippen LogP contribution is -2.42. The molecule has 1 fully saturated rings. The van der Waals surface area contributed by atoms with Gasteiger partial charge in [-0.25, -0.2) is 0 Å². The van der Waals surface area contributed by atoms with E-state index in [0.29, 0.717) is 13.2 Å². The predicted octanol–water partition coefficient (Wildman–Crippen LogP) is 1.93. The standard InChI is InChI=1S/C18H27NO4/c1-3-9-22-17-13(2)23-18(20)16(19)12-21-11-15(17)10-14-7-5-4-6-8-14/h4-8,13,15-17H,3,9-12,19H2,1-2H3/t13-,15-,16-,17-/m0/s1. The first kappa shape index (κ1) is 17.9. The molecule has 0 spiro atoms. The molecule has 1 aromatic carbocycles. The Morgan fingerprint density at radius 2 is 2.00 bits per heavy atom. The van der Waals surface area contributed by atoms with Gasteiger partial charge in [0.25, 0.3) is 0 Å². The number of hydrogen-bond donors (Lipinski definition) is 1.